The van der Waals surface area contributed by atoms with Gasteiger partial charge in [-0.3, -0.25) is 0 Å². The van der Waals surface area contributed by atoms with Crippen molar-refractivity contribution in [1.29, 1.82) is 0 Å². The third-order valence-corrected chi connectivity index (χ3v) is 15.8. The van der Waals surface area contributed by atoms with Crippen molar-refractivity contribution in [2.24, 2.45) is 29.6 Å². The van der Waals surface area contributed by atoms with Crippen molar-refractivity contribution in [3.05, 3.63) is 66.5 Å². The molecular weight excluding hydrogens is 559 g/mol. The van der Waals surface area contributed by atoms with Crippen LogP contribution in [0.25, 0.3) is 11.1 Å². The van der Waals surface area contributed by atoms with Gasteiger partial charge in [0, 0.05) is 36.0 Å². The van der Waals surface area contributed by atoms with Crippen LogP contribution in [0, 0.1) is 29.6 Å². The Morgan fingerprint density at radius 2 is 1.43 bits per heavy atom. The molecule has 0 bridgehead atoms. The average Bonchev–Trinajstić information content (AvgIpc) is 3.68. The predicted molar refractivity (Wildman–Crippen MR) is 187 cm³/mol. The van der Waals surface area contributed by atoms with E-state index in [1.54, 1.807) is 11.3 Å². The quantitative estimate of drug-likeness (QED) is 0.316. The molecule has 9 aliphatic rings. The van der Waals surface area contributed by atoms with Gasteiger partial charge in [0.05, 0.1) is 12.2 Å². The Bertz CT molecular complexity index is 1510. The number of rotatable bonds is 2. The minimum absolute atomic E-state index is 0.483. The minimum Gasteiger partial charge on any atom is -0.374 e. The highest BCUT2D eigenvalue weighted by molar-refractivity contribution is 6.77. The third-order valence-electron chi connectivity index (χ3n) is 15.8. The van der Waals surface area contributed by atoms with Crippen molar-refractivity contribution < 1.29 is 4.74 Å². The SMILES string of the molecule is C1=C2N(C3CCCCC13)C1CCCC3CCC4B(c5ccccc5-c5ccccc5)C5CC6C(CC5N2C4C31)OC1CCCCC16. The van der Waals surface area contributed by atoms with Crippen molar-refractivity contribution in [1.82, 2.24) is 9.80 Å². The van der Waals surface area contributed by atoms with E-state index in [0.29, 0.717) is 31.0 Å². The van der Waals surface area contributed by atoms with E-state index in [4.69, 9.17) is 4.74 Å². The van der Waals surface area contributed by atoms with Crippen molar-refractivity contribution in [3.8, 4) is 11.1 Å². The summed E-state index contributed by atoms with van der Waals surface area (Å²) in [5.74, 6) is 7.37. The molecule has 0 spiro atoms. The van der Waals surface area contributed by atoms with Crippen LogP contribution in [0.4, 0.5) is 0 Å². The Kier molecular flexibility index (Phi) is 6.42. The number of nitrogens with zero attached hydrogens (tertiary/aromatic N) is 2. The van der Waals surface area contributed by atoms with Crippen LogP contribution in [0.2, 0.25) is 11.6 Å². The Hall–Kier alpha value is -2.20. The highest BCUT2D eigenvalue weighted by atomic mass is 16.5. The smallest absolute Gasteiger partial charge is 0.187 e. The molecule has 2 aromatic rings. The van der Waals surface area contributed by atoms with Gasteiger partial charge in [0.1, 0.15) is 5.82 Å². The maximum Gasteiger partial charge on any atom is 0.187 e. The van der Waals surface area contributed by atoms with Gasteiger partial charge in [-0.05, 0) is 98.0 Å². The molecule has 2 aromatic carbocycles. The molecule has 5 saturated carbocycles. The molecule has 0 N–H and O–H groups in total. The van der Waals surface area contributed by atoms with E-state index < -0.39 is 0 Å². The first-order valence-corrected chi connectivity index (χ1v) is 19.9. The van der Waals surface area contributed by atoms with E-state index in [9.17, 15) is 0 Å². The van der Waals surface area contributed by atoms with Gasteiger partial charge < -0.3 is 14.5 Å². The molecule has 11 rings (SSSR count). The van der Waals surface area contributed by atoms with Crippen molar-refractivity contribution in [2.45, 2.75) is 144 Å². The Balaban J connectivity index is 1.09. The summed E-state index contributed by atoms with van der Waals surface area (Å²) in [5.41, 5.74) is 4.63. The first-order valence-electron chi connectivity index (χ1n) is 19.9. The van der Waals surface area contributed by atoms with Gasteiger partial charge >= 0.3 is 0 Å². The lowest BCUT2D eigenvalue weighted by molar-refractivity contribution is -0.112. The predicted octanol–water partition coefficient (Wildman–Crippen LogP) is 8.52. The summed E-state index contributed by atoms with van der Waals surface area (Å²) in [7, 11) is 0. The van der Waals surface area contributed by atoms with E-state index >= 15 is 0 Å². The van der Waals surface area contributed by atoms with Gasteiger partial charge in [-0.25, -0.2) is 0 Å². The zero-order chi connectivity index (χ0) is 29.9. The average molecular weight is 613 g/mol. The molecule has 5 aliphatic carbocycles. The van der Waals surface area contributed by atoms with Gasteiger partial charge in [-0.2, -0.15) is 0 Å². The molecule has 240 valence electrons. The molecule has 4 aliphatic heterocycles. The topological polar surface area (TPSA) is 15.7 Å². The molecule has 3 nitrogen and oxygen atoms in total. The molecule has 8 fully saturated rings. The van der Waals surface area contributed by atoms with Crippen molar-refractivity contribution >= 4 is 12.2 Å². The highest BCUT2D eigenvalue weighted by Gasteiger charge is 2.66. The largest absolute Gasteiger partial charge is 0.374 e. The molecule has 3 saturated heterocycles. The first-order chi connectivity index (χ1) is 22.8. The van der Waals surface area contributed by atoms with E-state index in [0.717, 1.165) is 53.3 Å². The van der Waals surface area contributed by atoms with Gasteiger partial charge in [0.15, 0.2) is 6.71 Å². The molecule has 4 heterocycles. The summed E-state index contributed by atoms with van der Waals surface area (Å²) in [4.78, 5) is 6.35. The van der Waals surface area contributed by atoms with Crippen molar-refractivity contribution in [2.75, 3.05) is 0 Å². The fraction of sp³-hybridized carbons (Fsp3) is 0.667. The second kappa shape index (κ2) is 10.7. The number of hydrogen-bond donors (Lipinski definition) is 0. The Morgan fingerprint density at radius 3 is 2.39 bits per heavy atom. The van der Waals surface area contributed by atoms with E-state index in [1.807, 2.05) is 0 Å². The number of ether oxygens (including phenoxy) is 1. The van der Waals surface area contributed by atoms with Crippen LogP contribution < -0.4 is 5.46 Å². The van der Waals surface area contributed by atoms with Crippen LogP contribution in [0.3, 0.4) is 0 Å². The molecular formula is C42H53BN2O. The van der Waals surface area contributed by atoms with Crippen LogP contribution in [-0.2, 0) is 4.74 Å². The standard InChI is InChI=1S/C42H53BN2O/c1-2-11-26(12-3-1)29-15-5-7-17-32(29)43-33-22-21-27-14-10-19-36-41(27)42(33)45(40-23-28-13-4-8-18-35(28)44(36)40)37-25-39-31(24-34(37)43)30-16-6-9-20-38(30)46-39/h1-3,5,7,11-12,15,17,23,27-28,30-31,33-39,41-42H,4,6,8-10,13-14,16,18-22,24-25H2. The summed E-state index contributed by atoms with van der Waals surface area (Å²) >= 11 is 0. The number of fused-ring (bicyclic) bond motifs is 10. The molecule has 4 heteroatoms. The van der Waals surface area contributed by atoms with Gasteiger partial charge in [0.2, 0.25) is 0 Å². The lowest BCUT2D eigenvalue weighted by atomic mass is 9.22. The van der Waals surface area contributed by atoms with Gasteiger partial charge in [-0.1, -0.05) is 105 Å². The monoisotopic (exact) mass is 612 g/mol. The fourth-order valence-electron chi connectivity index (χ4n) is 14.4. The van der Waals surface area contributed by atoms with E-state index in [2.05, 4.69) is 70.5 Å². The summed E-state index contributed by atoms with van der Waals surface area (Å²) in [6, 6.07) is 24.1. The summed E-state index contributed by atoms with van der Waals surface area (Å²) in [6.45, 7) is 0.658. The maximum atomic E-state index is 7.15. The van der Waals surface area contributed by atoms with Crippen LogP contribution in [0.5, 0.6) is 0 Å². The third kappa shape index (κ3) is 3.89. The fourth-order valence-corrected chi connectivity index (χ4v) is 14.4. The maximum absolute atomic E-state index is 7.15. The van der Waals surface area contributed by atoms with Crippen LogP contribution in [0.15, 0.2) is 66.5 Å². The van der Waals surface area contributed by atoms with E-state index in [-0.39, 0.29) is 0 Å². The molecule has 13 unspecified atom stereocenters. The molecule has 0 aromatic heterocycles. The number of benzene rings is 2. The molecule has 0 radical (unpaired) electrons. The second-order valence-corrected chi connectivity index (χ2v) is 17.4. The first kappa shape index (κ1) is 27.7. The zero-order valence-corrected chi connectivity index (χ0v) is 27.8. The molecule has 0 amide bonds. The second-order valence-electron chi connectivity index (χ2n) is 17.4. The number of hydrogen-bond acceptors (Lipinski definition) is 3. The van der Waals surface area contributed by atoms with Crippen molar-refractivity contribution in [3.63, 3.8) is 0 Å². The van der Waals surface area contributed by atoms with Crippen LogP contribution in [-0.4, -0.2) is 52.9 Å². The summed E-state index contributed by atoms with van der Waals surface area (Å²) in [6.07, 6.45) is 25.1. The van der Waals surface area contributed by atoms with Gasteiger partial charge in [0.25, 0.3) is 0 Å². The zero-order valence-electron chi connectivity index (χ0n) is 27.8. The Morgan fingerprint density at radius 1 is 0.609 bits per heavy atom. The highest BCUT2D eigenvalue weighted by Crippen LogP contribution is 2.64. The van der Waals surface area contributed by atoms with Crippen LogP contribution >= 0.6 is 0 Å². The van der Waals surface area contributed by atoms with Crippen LogP contribution in [0.1, 0.15) is 96.3 Å². The minimum atomic E-state index is 0.483. The van der Waals surface area contributed by atoms with E-state index in [1.165, 1.54) is 107 Å². The lowest BCUT2D eigenvalue weighted by Gasteiger charge is -2.69. The van der Waals surface area contributed by atoms with Gasteiger partial charge in [-0.15, -0.1) is 0 Å². The Labute approximate surface area is 277 Å². The molecule has 13 atom stereocenters. The summed E-state index contributed by atoms with van der Waals surface area (Å²) < 4.78 is 7.15. The molecule has 46 heavy (non-hydrogen) atoms. The summed E-state index contributed by atoms with van der Waals surface area (Å²) in [5, 5.41) is 0. The normalized spacial score (nSPS) is 45.1. The lowest BCUT2D eigenvalue weighted by Crippen LogP contribution is -2.74.